The number of anilines is 2. The molecule has 0 spiro atoms. The molecule has 2 rings (SSSR count). The van der Waals surface area contributed by atoms with Crippen LogP contribution in [0.3, 0.4) is 0 Å². The van der Waals surface area contributed by atoms with Crippen molar-refractivity contribution in [1.82, 2.24) is 0 Å². The van der Waals surface area contributed by atoms with E-state index in [1.54, 1.807) is 12.1 Å². The molecule has 0 aliphatic rings. The number of nitrogens with one attached hydrogen (secondary N) is 1. The lowest BCUT2D eigenvalue weighted by Gasteiger charge is -2.12. The normalized spacial score (nSPS) is 11.2. The average Bonchev–Trinajstić information content (AvgIpc) is 2.43. The maximum atomic E-state index is 12.4. The van der Waals surface area contributed by atoms with Gasteiger partial charge in [-0.05, 0) is 24.3 Å². The predicted octanol–water partition coefficient (Wildman–Crippen LogP) is 3.39. The first kappa shape index (κ1) is 15.8. The van der Waals surface area contributed by atoms with Crippen molar-refractivity contribution in [2.75, 3.05) is 17.6 Å². The van der Waals surface area contributed by atoms with Crippen molar-refractivity contribution >= 4 is 44.6 Å². The Kier molecular flexibility index (Phi) is 4.51. The summed E-state index contributed by atoms with van der Waals surface area (Å²) in [6, 6.07) is 8.94. The summed E-state index contributed by atoms with van der Waals surface area (Å²) in [6.07, 6.45) is 0. The Morgan fingerprint density at radius 2 is 1.90 bits per heavy atom. The highest BCUT2D eigenvalue weighted by atomic mass is 35.5. The minimum absolute atomic E-state index is 0.0694. The van der Waals surface area contributed by atoms with Crippen LogP contribution in [0.15, 0.2) is 41.3 Å². The van der Waals surface area contributed by atoms with Gasteiger partial charge in [0.25, 0.3) is 10.0 Å². The number of hydrogen-bond acceptors (Lipinski definition) is 4. The summed E-state index contributed by atoms with van der Waals surface area (Å²) in [4.78, 5) is -0.0701. The Bertz CT molecular complexity index is 779. The monoisotopic (exact) mass is 346 g/mol. The van der Waals surface area contributed by atoms with E-state index in [-0.39, 0.29) is 26.3 Å². The molecule has 2 aromatic carbocycles. The first-order valence-corrected chi connectivity index (χ1v) is 7.99. The summed E-state index contributed by atoms with van der Waals surface area (Å²) in [6.45, 7) is 0. The summed E-state index contributed by atoms with van der Waals surface area (Å²) >= 11 is 11.8. The molecule has 5 nitrogen and oxygen atoms in total. The highest BCUT2D eigenvalue weighted by Crippen LogP contribution is 2.32. The van der Waals surface area contributed by atoms with Gasteiger partial charge in [0.15, 0.2) is 0 Å². The Morgan fingerprint density at radius 3 is 2.52 bits per heavy atom. The van der Waals surface area contributed by atoms with Crippen LogP contribution in [0.2, 0.25) is 10.0 Å². The van der Waals surface area contributed by atoms with Crippen LogP contribution >= 0.6 is 23.2 Å². The molecule has 0 aliphatic carbocycles. The molecule has 0 saturated heterocycles. The second-order valence-corrected chi connectivity index (χ2v) is 6.55. The van der Waals surface area contributed by atoms with Crippen LogP contribution in [0.1, 0.15) is 0 Å². The van der Waals surface area contributed by atoms with Crippen LogP contribution in [0.4, 0.5) is 11.4 Å². The lowest BCUT2D eigenvalue weighted by Crippen LogP contribution is -2.15. The quantitative estimate of drug-likeness (QED) is 0.831. The fraction of sp³-hybridized carbons (Fsp3) is 0.0769. The molecule has 3 N–H and O–H groups in total. The number of nitrogen functional groups attached to an aromatic ring is 1. The molecule has 0 bridgehead atoms. The number of rotatable bonds is 4. The summed E-state index contributed by atoms with van der Waals surface area (Å²) in [5.74, 6) is 0.465. The summed E-state index contributed by atoms with van der Waals surface area (Å²) in [5.41, 5.74) is 6.00. The van der Waals surface area contributed by atoms with Crippen LogP contribution < -0.4 is 15.2 Å². The molecule has 0 radical (unpaired) electrons. The van der Waals surface area contributed by atoms with Gasteiger partial charge < -0.3 is 10.5 Å². The topological polar surface area (TPSA) is 81.4 Å². The minimum Gasteiger partial charge on any atom is -0.497 e. The van der Waals surface area contributed by atoms with Crippen LogP contribution in [0, 0.1) is 0 Å². The van der Waals surface area contributed by atoms with E-state index in [2.05, 4.69) is 4.72 Å². The molecule has 0 aliphatic heterocycles. The number of hydrogen-bond donors (Lipinski definition) is 2. The number of sulfonamides is 1. The number of ether oxygens (including phenoxy) is 1. The second-order valence-electron chi connectivity index (χ2n) is 4.11. The molecule has 8 heteroatoms. The average molecular weight is 347 g/mol. The lowest BCUT2D eigenvalue weighted by molar-refractivity contribution is 0.414. The Morgan fingerprint density at radius 1 is 1.19 bits per heavy atom. The molecule has 0 unspecified atom stereocenters. The van der Waals surface area contributed by atoms with Gasteiger partial charge in [0, 0.05) is 6.07 Å². The van der Waals surface area contributed by atoms with E-state index in [1.807, 2.05) is 0 Å². The largest absolute Gasteiger partial charge is 0.497 e. The maximum absolute atomic E-state index is 12.4. The van der Waals surface area contributed by atoms with Crippen LogP contribution in [0.25, 0.3) is 0 Å². The standard InChI is InChI=1S/C13H12Cl2N2O3S/c1-20-8-5-6-12(10(16)7-8)21(18,19)17-11-4-2-3-9(14)13(11)15/h2-7,17H,16H2,1H3. The number of benzene rings is 2. The molecule has 0 saturated carbocycles. The number of methoxy groups -OCH3 is 1. The Balaban J connectivity index is 2.41. The van der Waals surface area contributed by atoms with E-state index in [9.17, 15) is 8.42 Å². The zero-order valence-corrected chi connectivity index (χ0v) is 13.3. The van der Waals surface area contributed by atoms with Gasteiger partial charge >= 0.3 is 0 Å². The van der Waals surface area contributed by atoms with Crippen molar-refractivity contribution in [3.63, 3.8) is 0 Å². The van der Waals surface area contributed by atoms with Gasteiger partial charge in [0.2, 0.25) is 0 Å². The molecular formula is C13H12Cl2N2O3S. The van der Waals surface area contributed by atoms with Crippen LogP contribution in [-0.4, -0.2) is 15.5 Å². The number of halogens is 2. The molecule has 21 heavy (non-hydrogen) atoms. The van der Waals surface area contributed by atoms with E-state index < -0.39 is 10.0 Å². The fourth-order valence-corrected chi connectivity index (χ4v) is 3.27. The van der Waals surface area contributed by atoms with E-state index in [0.29, 0.717) is 5.75 Å². The third-order valence-electron chi connectivity index (χ3n) is 2.70. The fourth-order valence-electron chi connectivity index (χ4n) is 1.68. The van der Waals surface area contributed by atoms with E-state index in [4.69, 9.17) is 33.7 Å². The highest BCUT2D eigenvalue weighted by Gasteiger charge is 2.19. The van der Waals surface area contributed by atoms with Gasteiger partial charge in [0.1, 0.15) is 10.6 Å². The summed E-state index contributed by atoms with van der Waals surface area (Å²) < 4.78 is 32.0. The van der Waals surface area contributed by atoms with Crippen molar-refractivity contribution in [3.8, 4) is 5.75 Å². The molecule has 0 heterocycles. The molecule has 112 valence electrons. The number of nitrogens with two attached hydrogens (primary N) is 1. The van der Waals surface area contributed by atoms with Crippen molar-refractivity contribution < 1.29 is 13.2 Å². The molecule has 0 amide bonds. The van der Waals surface area contributed by atoms with Gasteiger partial charge in [-0.1, -0.05) is 29.3 Å². The summed E-state index contributed by atoms with van der Waals surface area (Å²) in [7, 11) is -2.42. The SMILES string of the molecule is COc1ccc(S(=O)(=O)Nc2cccc(Cl)c2Cl)c(N)c1. The van der Waals surface area contributed by atoms with Crippen molar-refractivity contribution in [2.24, 2.45) is 0 Å². The van der Waals surface area contributed by atoms with Crippen molar-refractivity contribution in [3.05, 3.63) is 46.4 Å². The van der Waals surface area contributed by atoms with E-state index in [0.717, 1.165) is 0 Å². The van der Waals surface area contributed by atoms with Gasteiger partial charge in [-0.15, -0.1) is 0 Å². The second kappa shape index (κ2) is 6.01. The highest BCUT2D eigenvalue weighted by molar-refractivity contribution is 7.92. The molecule has 0 aromatic heterocycles. The zero-order valence-electron chi connectivity index (χ0n) is 10.9. The van der Waals surface area contributed by atoms with Gasteiger partial charge in [-0.25, -0.2) is 8.42 Å². The molecular weight excluding hydrogens is 335 g/mol. The van der Waals surface area contributed by atoms with Crippen LogP contribution in [-0.2, 0) is 10.0 Å². The third-order valence-corrected chi connectivity index (χ3v) is 4.96. The molecule has 0 fully saturated rings. The Labute approximate surface area is 132 Å². The molecule has 0 atom stereocenters. The van der Waals surface area contributed by atoms with Gasteiger partial charge in [0.05, 0.1) is 28.5 Å². The van der Waals surface area contributed by atoms with Crippen molar-refractivity contribution in [1.29, 1.82) is 0 Å². The minimum atomic E-state index is -3.88. The van der Waals surface area contributed by atoms with E-state index >= 15 is 0 Å². The van der Waals surface area contributed by atoms with Gasteiger partial charge in [-0.2, -0.15) is 0 Å². The maximum Gasteiger partial charge on any atom is 0.263 e. The Hall–Kier alpha value is -1.63. The van der Waals surface area contributed by atoms with Crippen LogP contribution in [0.5, 0.6) is 5.75 Å². The van der Waals surface area contributed by atoms with Gasteiger partial charge in [-0.3, -0.25) is 4.72 Å². The predicted molar refractivity (Wildman–Crippen MR) is 84.7 cm³/mol. The lowest BCUT2D eigenvalue weighted by atomic mass is 10.3. The third kappa shape index (κ3) is 3.34. The zero-order chi connectivity index (χ0) is 15.6. The summed E-state index contributed by atoms with van der Waals surface area (Å²) in [5, 5.41) is 0.370. The first-order chi connectivity index (χ1) is 9.85. The van der Waals surface area contributed by atoms with Crippen molar-refractivity contribution in [2.45, 2.75) is 4.90 Å². The van der Waals surface area contributed by atoms with E-state index in [1.165, 1.54) is 31.4 Å². The first-order valence-electron chi connectivity index (χ1n) is 5.75. The smallest absolute Gasteiger partial charge is 0.263 e. The molecule has 2 aromatic rings.